The Bertz CT molecular complexity index is 1050. The fourth-order valence-electron chi connectivity index (χ4n) is 3.29. The number of pyridine rings is 1. The molecule has 6 nitrogen and oxygen atoms in total. The minimum atomic E-state index is -2.82. The third kappa shape index (κ3) is 4.48. The maximum Gasteiger partial charge on any atom is 0.297 e. The first kappa shape index (κ1) is 20.3. The number of hydrogen-bond donors (Lipinski definition) is 2. The number of fused-ring (bicyclic) bond motifs is 1. The van der Waals surface area contributed by atoms with Crippen LogP contribution in [0.15, 0.2) is 34.9 Å². The number of aliphatic hydroxyl groups excluding tert-OH is 1. The van der Waals surface area contributed by atoms with Crippen molar-refractivity contribution in [2.45, 2.75) is 25.5 Å². The minimum Gasteiger partial charge on any atom is -0.392 e. The van der Waals surface area contributed by atoms with Gasteiger partial charge in [-0.25, -0.2) is 18.7 Å². The zero-order valence-corrected chi connectivity index (χ0v) is 17.5. The van der Waals surface area contributed by atoms with E-state index in [1.165, 1.54) is 0 Å². The number of hydrogen-bond acceptors (Lipinski definition) is 6. The Morgan fingerprint density at radius 2 is 2.17 bits per heavy atom. The lowest BCUT2D eigenvalue weighted by atomic mass is 10.2. The van der Waals surface area contributed by atoms with Crippen LogP contribution in [0.1, 0.15) is 24.2 Å². The summed E-state index contributed by atoms with van der Waals surface area (Å²) in [6.45, 7) is 1.92. The van der Waals surface area contributed by atoms with Gasteiger partial charge >= 0.3 is 0 Å². The van der Waals surface area contributed by atoms with Gasteiger partial charge in [0.05, 0.1) is 22.3 Å². The molecule has 4 rings (SSSR count). The first-order chi connectivity index (χ1) is 13.9. The number of aromatic nitrogens is 3. The molecule has 3 aromatic rings. The normalized spacial score (nSPS) is 17.4. The zero-order valence-electron chi connectivity index (χ0n) is 15.1. The largest absolute Gasteiger partial charge is 0.392 e. The van der Waals surface area contributed by atoms with Crippen LogP contribution >= 0.6 is 27.5 Å². The van der Waals surface area contributed by atoms with Gasteiger partial charge in [-0.2, -0.15) is 0 Å². The summed E-state index contributed by atoms with van der Waals surface area (Å²) in [4.78, 5) is 14.5. The van der Waals surface area contributed by atoms with E-state index in [1.54, 1.807) is 30.5 Å². The van der Waals surface area contributed by atoms with E-state index >= 15 is 0 Å². The Labute approximate surface area is 179 Å². The molecule has 1 aromatic carbocycles. The number of likely N-dealkylation sites (tertiary alicyclic amines) is 1. The lowest BCUT2D eigenvalue weighted by molar-refractivity contribution is 0.141. The van der Waals surface area contributed by atoms with E-state index in [1.807, 2.05) is 0 Å². The number of nitrogens with zero attached hydrogens (tertiary/aromatic N) is 4. The van der Waals surface area contributed by atoms with Crippen molar-refractivity contribution < 1.29 is 13.9 Å². The van der Waals surface area contributed by atoms with Crippen LogP contribution < -0.4 is 5.32 Å². The van der Waals surface area contributed by atoms with Gasteiger partial charge in [0.15, 0.2) is 11.6 Å². The average Bonchev–Trinajstić information content (AvgIpc) is 3.09. The molecule has 0 bridgehead atoms. The van der Waals surface area contributed by atoms with Crippen LogP contribution in [-0.4, -0.2) is 44.2 Å². The van der Waals surface area contributed by atoms with Gasteiger partial charge in [0.2, 0.25) is 0 Å². The van der Waals surface area contributed by atoms with Crippen molar-refractivity contribution in [3.8, 4) is 0 Å². The molecule has 1 fully saturated rings. The molecule has 0 radical (unpaired) electrons. The van der Waals surface area contributed by atoms with E-state index in [0.717, 1.165) is 18.5 Å². The second-order valence-electron chi connectivity index (χ2n) is 6.85. The number of β-amino-alcohol motifs (C(OH)–C–C–N with tert-alkyl or cyclic N) is 1. The number of nitrogens with one attached hydrogen (secondary N) is 1. The van der Waals surface area contributed by atoms with Gasteiger partial charge in [-0.1, -0.05) is 17.7 Å². The number of rotatable bonds is 5. The summed E-state index contributed by atoms with van der Waals surface area (Å²) in [5.41, 5.74) is 2.03. The van der Waals surface area contributed by atoms with Crippen LogP contribution in [0.3, 0.4) is 0 Å². The van der Waals surface area contributed by atoms with Crippen molar-refractivity contribution in [3.05, 3.63) is 51.3 Å². The van der Waals surface area contributed by atoms with Gasteiger partial charge < -0.3 is 10.4 Å². The molecule has 1 saturated heterocycles. The smallest absolute Gasteiger partial charge is 0.297 e. The van der Waals surface area contributed by atoms with Crippen LogP contribution in [0.2, 0.25) is 5.02 Å². The molecule has 2 aromatic heterocycles. The standard InChI is InChI=1S/C19H17BrClF2N5O/c20-12-2-1-3-13(15(12)21)25-18-16-14(26-19(27-18)17(22)23)6-10(7-24-16)8-28-5-4-11(29)9-28/h1-3,6-7,11,17,29H,4-5,8-9H2,(H,25,26,27)/t11-/m1/s1. The Hall–Kier alpha value is -1.94. The molecule has 10 heteroatoms. The molecule has 2 N–H and O–H groups in total. The number of aliphatic hydroxyl groups is 1. The van der Waals surface area contributed by atoms with E-state index in [0.29, 0.717) is 39.3 Å². The van der Waals surface area contributed by atoms with Gasteiger partial charge in [0, 0.05) is 30.3 Å². The van der Waals surface area contributed by atoms with E-state index in [9.17, 15) is 13.9 Å². The molecule has 0 spiro atoms. The molecule has 1 aliphatic heterocycles. The second kappa shape index (κ2) is 8.43. The summed E-state index contributed by atoms with van der Waals surface area (Å²) in [5.74, 6) is -0.421. The maximum atomic E-state index is 13.4. The molecule has 1 atom stereocenters. The Morgan fingerprint density at radius 3 is 2.90 bits per heavy atom. The quantitative estimate of drug-likeness (QED) is 0.547. The molecule has 29 heavy (non-hydrogen) atoms. The van der Waals surface area contributed by atoms with Gasteiger partial charge in [-0.15, -0.1) is 0 Å². The number of halogens is 4. The highest BCUT2D eigenvalue weighted by molar-refractivity contribution is 9.10. The van der Waals surface area contributed by atoms with Crippen molar-refractivity contribution in [2.24, 2.45) is 0 Å². The van der Waals surface area contributed by atoms with Crippen LogP contribution in [0.5, 0.6) is 0 Å². The van der Waals surface area contributed by atoms with Crippen LogP contribution in [0.4, 0.5) is 20.3 Å². The van der Waals surface area contributed by atoms with Crippen molar-refractivity contribution in [2.75, 3.05) is 18.4 Å². The van der Waals surface area contributed by atoms with Crippen molar-refractivity contribution in [3.63, 3.8) is 0 Å². The summed E-state index contributed by atoms with van der Waals surface area (Å²) in [6.07, 6.45) is -0.760. The molecule has 152 valence electrons. The topological polar surface area (TPSA) is 74.2 Å². The highest BCUT2D eigenvalue weighted by atomic mass is 79.9. The Morgan fingerprint density at radius 1 is 1.34 bits per heavy atom. The molecule has 0 amide bonds. The monoisotopic (exact) mass is 483 g/mol. The Balaban J connectivity index is 1.72. The van der Waals surface area contributed by atoms with Crippen molar-refractivity contribution >= 4 is 50.1 Å². The second-order valence-corrected chi connectivity index (χ2v) is 8.08. The number of benzene rings is 1. The number of alkyl halides is 2. The fraction of sp³-hybridized carbons (Fsp3) is 0.316. The zero-order chi connectivity index (χ0) is 20.5. The highest BCUT2D eigenvalue weighted by Gasteiger charge is 2.21. The average molecular weight is 485 g/mol. The van der Waals surface area contributed by atoms with Gasteiger partial charge in [-0.3, -0.25) is 9.88 Å². The Kier molecular flexibility index (Phi) is 5.91. The van der Waals surface area contributed by atoms with E-state index < -0.39 is 12.2 Å². The fourth-order valence-corrected chi connectivity index (χ4v) is 3.83. The number of anilines is 2. The van der Waals surface area contributed by atoms with Crippen LogP contribution in [-0.2, 0) is 6.54 Å². The third-order valence-corrected chi connectivity index (χ3v) is 5.96. The first-order valence-electron chi connectivity index (χ1n) is 8.97. The summed E-state index contributed by atoms with van der Waals surface area (Å²) in [6, 6.07) is 6.99. The molecule has 0 unspecified atom stereocenters. The molecule has 0 saturated carbocycles. The van der Waals surface area contributed by atoms with E-state index in [4.69, 9.17) is 11.6 Å². The van der Waals surface area contributed by atoms with Gasteiger partial charge in [0.1, 0.15) is 5.52 Å². The van der Waals surface area contributed by atoms with Crippen LogP contribution in [0.25, 0.3) is 11.0 Å². The highest BCUT2D eigenvalue weighted by Crippen LogP contribution is 2.33. The van der Waals surface area contributed by atoms with Crippen molar-refractivity contribution in [1.82, 2.24) is 19.9 Å². The minimum absolute atomic E-state index is 0.161. The molecule has 0 aliphatic carbocycles. The summed E-state index contributed by atoms with van der Waals surface area (Å²) in [5, 5.41) is 13.1. The van der Waals surface area contributed by atoms with Crippen LogP contribution in [0, 0.1) is 0 Å². The molecule has 3 heterocycles. The molecular formula is C19H17BrClF2N5O. The predicted octanol–water partition coefficient (Wildman–Crippen LogP) is 4.69. The summed E-state index contributed by atoms with van der Waals surface area (Å²) < 4.78 is 27.4. The third-order valence-electron chi connectivity index (χ3n) is 4.66. The lowest BCUT2D eigenvalue weighted by Gasteiger charge is -2.16. The molecular weight excluding hydrogens is 468 g/mol. The predicted molar refractivity (Wildman–Crippen MR) is 111 cm³/mol. The van der Waals surface area contributed by atoms with Gasteiger partial charge in [-0.05, 0) is 46.1 Å². The van der Waals surface area contributed by atoms with E-state index in [-0.39, 0.29) is 11.9 Å². The van der Waals surface area contributed by atoms with E-state index in [2.05, 4.69) is 41.1 Å². The maximum absolute atomic E-state index is 13.4. The lowest BCUT2D eigenvalue weighted by Crippen LogP contribution is -2.21. The van der Waals surface area contributed by atoms with Gasteiger partial charge in [0.25, 0.3) is 6.43 Å². The SMILES string of the molecule is O[C@@H]1CCN(Cc2cnc3c(Nc4cccc(Br)c4Cl)nc(C(F)F)nc3c2)C1. The van der Waals surface area contributed by atoms with Crippen molar-refractivity contribution in [1.29, 1.82) is 0 Å². The summed E-state index contributed by atoms with van der Waals surface area (Å²) in [7, 11) is 0. The summed E-state index contributed by atoms with van der Waals surface area (Å²) >= 11 is 9.62. The molecule has 1 aliphatic rings. The first-order valence-corrected chi connectivity index (χ1v) is 10.1.